The van der Waals surface area contributed by atoms with Crippen LogP contribution in [0.2, 0.25) is 0 Å². The normalized spacial score (nSPS) is 25.2. The minimum absolute atomic E-state index is 0.213. The zero-order valence-electron chi connectivity index (χ0n) is 9.98. The van der Waals surface area contributed by atoms with Crippen LogP contribution >= 0.6 is 11.8 Å². The molecule has 0 aromatic heterocycles. The Labute approximate surface area is 106 Å². The molecule has 0 aromatic rings. The molecule has 2 saturated heterocycles. The first kappa shape index (κ1) is 12.7. The van der Waals surface area contributed by atoms with Crippen molar-refractivity contribution in [2.45, 2.75) is 25.7 Å². The summed E-state index contributed by atoms with van der Waals surface area (Å²) in [7, 11) is 0. The fraction of sp³-hybridized carbons (Fsp3) is 0.818. The summed E-state index contributed by atoms with van der Waals surface area (Å²) in [6, 6.07) is 0. The average Bonchev–Trinajstić information content (AvgIpc) is 2.38. The summed E-state index contributed by atoms with van der Waals surface area (Å²) in [5.41, 5.74) is 0.358. The fourth-order valence-electron chi connectivity index (χ4n) is 2.23. The van der Waals surface area contributed by atoms with Gasteiger partial charge in [0.25, 0.3) is 5.70 Å². The smallest absolute Gasteiger partial charge is 0.289 e. The van der Waals surface area contributed by atoms with Gasteiger partial charge in [-0.2, -0.15) is 0 Å². The van der Waals surface area contributed by atoms with Gasteiger partial charge in [-0.05, 0) is 32.4 Å². The topological polar surface area (TPSA) is 58.4 Å². The first-order valence-corrected chi connectivity index (χ1v) is 7.22. The molecule has 0 bridgehead atoms. The number of piperidine rings is 1. The lowest BCUT2D eigenvalue weighted by atomic mass is 10.1. The van der Waals surface area contributed by atoms with Crippen molar-refractivity contribution in [2.24, 2.45) is 0 Å². The van der Waals surface area contributed by atoms with E-state index in [2.05, 4.69) is 10.2 Å². The van der Waals surface area contributed by atoms with Gasteiger partial charge in [0.15, 0.2) is 0 Å². The lowest BCUT2D eigenvalue weighted by Crippen LogP contribution is -2.35. The van der Waals surface area contributed by atoms with E-state index in [-0.39, 0.29) is 4.92 Å². The van der Waals surface area contributed by atoms with E-state index in [9.17, 15) is 10.1 Å². The zero-order chi connectivity index (χ0) is 12.1. The zero-order valence-corrected chi connectivity index (χ0v) is 10.8. The van der Waals surface area contributed by atoms with Crippen LogP contribution in [0, 0.1) is 10.1 Å². The highest BCUT2D eigenvalue weighted by atomic mass is 32.2. The molecular weight excluding hydrogens is 238 g/mol. The van der Waals surface area contributed by atoms with E-state index in [4.69, 9.17) is 0 Å². The Kier molecular flexibility index (Phi) is 4.67. The van der Waals surface area contributed by atoms with Crippen molar-refractivity contribution in [1.82, 2.24) is 10.2 Å². The molecule has 2 aliphatic heterocycles. The van der Waals surface area contributed by atoms with Gasteiger partial charge in [-0.25, -0.2) is 0 Å². The molecule has 0 spiro atoms. The molecule has 6 heteroatoms. The largest absolute Gasteiger partial charge is 0.374 e. The molecule has 0 amide bonds. The maximum atomic E-state index is 11.1. The third kappa shape index (κ3) is 3.61. The Balaban J connectivity index is 2.03. The predicted octanol–water partition coefficient (Wildman–Crippen LogP) is 1.64. The molecule has 0 aromatic carbocycles. The van der Waals surface area contributed by atoms with Crippen molar-refractivity contribution in [1.29, 1.82) is 0 Å². The van der Waals surface area contributed by atoms with E-state index in [0.29, 0.717) is 12.2 Å². The quantitative estimate of drug-likeness (QED) is 0.615. The lowest BCUT2D eigenvalue weighted by molar-refractivity contribution is -0.429. The molecule has 0 unspecified atom stereocenters. The van der Waals surface area contributed by atoms with Crippen molar-refractivity contribution >= 4 is 11.8 Å². The van der Waals surface area contributed by atoms with E-state index >= 15 is 0 Å². The van der Waals surface area contributed by atoms with Gasteiger partial charge in [0, 0.05) is 12.3 Å². The van der Waals surface area contributed by atoms with Crippen molar-refractivity contribution in [3.05, 3.63) is 20.8 Å². The second-order valence-electron chi connectivity index (χ2n) is 4.50. The van der Waals surface area contributed by atoms with E-state index in [1.54, 1.807) is 11.8 Å². The highest BCUT2D eigenvalue weighted by Crippen LogP contribution is 2.23. The van der Waals surface area contributed by atoms with Gasteiger partial charge in [-0.1, -0.05) is 6.42 Å². The number of hydrogen-bond acceptors (Lipinski definition) is 5. The molecule has 96 valence electrons. The Morgan fingerprint density at radius 3 is 2.71 bits per heavy atom. The molecule has 2 aliphatic rings. The summed E-state index contributed by atoms with van der Waals surface area (Å²) in [5.74, 6) is 0.986. The number of nitro groups is 1. The van der Waals surface area contributed by atoms with Crippen LogP contribution in [-0.4, -0.2) is 41.8 Å². The van der Waals surface area contributed by atoms with Gasteiger partial charge in [-0.15, -0.1) is 11.8 Å². The van der Waals surface area contributed by atoms with Crippen molar-refractivity contribution in [3.63, 3.8) is 0 Å². The third-order valence-electron chi connectivity index (χ3n) is 3.16. The van der Waals surface area contributed by atoms with Gasteiger partial charge in [-0.3, -0.25) is 15.0 Å². The van der Waals surface area contributed by atoms with Crippen LogP contribution in [0.1, 0.15) is 25.7 Å². The highest BCUT2D eigenvalue weighted by molar-refractivity contribution is 8.03. The van der Waals surface area contributed by atoms with Gasteiger partial charge in [0.05, 0.1) is 11.5 Å². The molecule has 0 radical (unpaired) electrons. The van der Waals surface area contributed by atoms with Crippen molar-refractivity contribution < 1.29 is 4.92 Å². The molecule has 1 N–H and O–H groups in total. The maximum absolute atomic E-state index is 11.1. The molecule has 5 nitrogen and oxygen atoms in total. The standard InChI is InChI=1S/C11H19N3O2S/c15-14(16)10(11-12-5-4-8-17-11)9-13-6-2-1-3-7-13/h12H,1-9H2. The minimum atomic E-state index is -0.213. The highest BCUT2D eigenvalue weighted by Gasteiger charge is 2.24. The van der Waals surface area contributed by atoms with Crippen LogP contribution < -0.4 is 5.32 Å². The van der Waals surface area contributed by atoms with E-state index in [1.165, 1.54) is 19.3 Å². The van der Waals surface area contributed by atoms with Crippen molar-refractivity contribution in [2.75, 3.05) is 31.9 Å². The summed E-state index contributed by atoms with van der Waals surface area (Å²) >= 11 is 1.59. The number of hydrogen-bond donors (Lipinski definition) is 1. The number of likely N-dealkylation sites (tertiary alicyclic amines) is 1. The minimum Gasteiger partial charge on any atom is -0.374 e. The van der Waals surface area contributed by atoms with Gasteiger partial charge < -0.3 is 5.32 Å². The number of thioether (sulfide) groups is 1. The monoisotopic (exact) mass is 257 g/mol. The summed E-state index contributed by atoms with van der Waals surface area (Å²) in [5, 5.41) is 15.1. The number of rotatable bonds is 3. The number of nitrogens with zero attached hydrogens (tertiary/aromatic N) is 2. The molecular formula is C11H19N3O2S. The first-order valence-electron chi connectivity index (χ1n) is 6.24. The molecule has 0 saturated carbocycles. The molecule has 2 heterocycles. The predicted molar refractivity (Wildman–Crippen MR) is 69.4 cm³/mol. The summed E-state index contributed by atoms with van der Waals surface area (Å²) in [6.45, 7) is 3.34. The second kappa shape index (κ2) is 6.26. The summed E-state index contributed by atoms with van der Waals surface area (Å²) in [4.78, 5) is 13.1. The third-order valence-corrected chi connectivity index (χ3v) is 4.32. The van der Waals surface area contributed by atoms with Crippen LogP contribution in [0.4, 0.5) is 0 Å². The van der Waals surface area contributed by atoms with E-state index < -0.39 is 0 Å². The lowest BCUT2D eigenvalue weighted by Gasteiger charge is -2.26. The summed E-state index contributed by atoms with van der Waals surface area (Å²) < 4.78 is 0. The van der Waals surface area contributed by atoms with Crippen LogP contribution in [0.3, 0.4) is 0 Å². The SMILES string of the molecule is O=[N+]([O-])C(CN1CCCCC1)=C1NCCCS1. The Morgan fingerprint density at radius 1 is 1.35 bits per heavy atom. The first-order chi connectivity index (χ1) is 8.27. The molecule has 2 fully saturated rings. The summed E-state index contributed by atoms with van der Waals surface area (Å²) in [6.07, 6.45) is 4.68. The number of nitrogens with one attached hydrogen (secondary N) is 1. The van der Waals surface area contributed by atoms with Crippen LogP contribution in [-0.2, 0) is 0 Å². The maximum Gasteiger partial charge on any atom is 0.289 e. The molecule has 2 rings (SSSR count). The molecule has 0 aliphatic carbocycles. The Bertz CT molecular complexity index is 306. The van der Waals surface area contributed by atoms with Crippen LogP contribution in [0.15, 0.2) is 10.7 Å². The fourth-order valence-corrected chi connectivity index (χ4v) is 3.23. The Hall–Kier alpha value is -0.750. The second-order valence-corrected chi connectivity index (χ2v) is 5.60. The van der Waals surface area contributed by atoms with Crippen molar-refractivity contribution in [3.8, 4) is 0 Å². The van der Waals surface area contributed by atoms with Gasteiger partial charge in [0.1, 0.15) is 5.03 Å². The Morgan fingerprint density at radius 2 is 2.12 bits per heavy atom. The van der Waals surface area contributed by atoms with E-state index in [1.807, 2.05) is 0 Å². The van der Waals surface area contributed by atoms with Crippen LogP contribution in [0.25, 0.3) is 0 Å². The average molecular weight is 257 g/mol. The molecule has 17 heavy (non-hydrogen) atoms. The van der Waals surface area contributed by atoms with Crippen LogP contribution in [0.5, 0.6) is 0 Å². The molecule has 0 atom stereocenters. The van der Waals surface area contributed by atoms with E-state index in [0.717, 1.165) is 36.8 Å². The van der Waals surface area contributed by atoms with Gasteiger partial charge in [0.2, 0.25) is 0 Å². The van der Waals surface area contributed by atoms with Gasteiger partial charge >= 0.3 is 0 Å².